The van der Waals surface area contributed by atoms with Gasteiger partial charge < -0.3 is 46.6 Å². The molecule has 0 bridgehead atoms. The minimum absolute atomic E-state index is 0.113. The fourth-order valence-corrected chi connectivity index (χ4v) is 5.71. The van der Waals surface area contributed by atoms with Gasteiger partial charge in [0.05, 0.1) is 19.3 Å². The highest BCUT2D eigenvalue weighted by Gasteiger charge is 2.43. The fourth-order valence-electron chi connectivity index (χ4n) is 2.68. The van der Waals surface area contributed by atoms with Crippen molar-refractivity contribution in [3.05, 3.63) is 28.3 Å². The average molecular weight is 564 g/mol. The molecule has 0 aliphatic carbocycles. The van der Waals surface area contributed by atoms with Crippen LogP contribution in [0.4, 0.5) is 5.82 Å². The number of aliphatic imine (C=N–C) groups is 1. The molecule has 0 aromatic carbocycles. The van der Waals surface area contributed by atoms with Crippen molar-refractivity contribution in [3.8, 4) is 0 Å². The number of guanidine groups is 1. The van der Waals surface area contributed by atoms with Crippen LogP contribution in [0, 0.1) is 0 Å². The monoisotopic (exact) mass is 564 g/mol. The highest BCUT2D eigenvalue weighted by Crippen LogP contribution is 2.66. The van der Waals surface area contributed by atoms with E-state index < -0.39 is 54.2 Å². The number of nitrogens with two attached hydrogens (primary N) is 3. The van der Waals surface area contributed by atoms with Crippen LogP contribution >= 0.6 is 23.5 Å². The zero-order valence-corrected chi connectivity index (χ0v) is 20.2. The first-order valence-electron chi connectivity index (χ1n) is 9.20. The largest absolute Gasteiger partial charge is 0.490 e. The van der Waals surface area contributed by atoms with Crippen LogP contribution < -0.4 is 22.9 Å². The van der Waals surface area contributed by atoms with Gasteiger partial charge in [-0.05, 0) is 0 Å². The minimum Gasteiger partial charge on any atom is -0.390 e. The van der Waals surface area contributed by atoms with Gasteiger partial charge in [-0.3, -0.25) is 9.09 Å². The van der Waals surface area contributed by atoms with Crippen molar-refractivity contribution < 1.29 is 56.3 Å². The van der Waals surface area contributed by atoms with Crippen molar-refractivity contribution in [2.45, 2.75) is 24.9 Å². The Labute approximate surface area is 196 Å². The predicted molar refractivity (Wildman–Crippen MR) is 117 cm³/mol. The van der Waals surface area contributed by atoms with E-state index in [9.17, 15) is 28.5 Å². The topological polar surface area (TPSA) is 315 Å². The Bertz CT molecular complexity index is 1180. The Balaban J connectivity index is 2.08. The normalized spacial score (nSPS) is 24.2. The van der Waals surface area contributed by atoms with Crippen LogP contribution in [0.3, 0.4) is 0 Å². The maximum absolute atomic E-state index is 12.3. The van der Waals surface area contributed by atoms with Crippen molar-refractivity contribution in [3.63, 3.8) is 0 Å². The minimum atomic E-state index is -5.70. The second kappa shape index (κ2) is 11.4. The lowest BCUT2D eigenvalue weighted by molar-refractivity contribution is -0.0449. The number of rotatable bonds is 11. The summed E-state index contributed by atoms with van der Waals surface area (Å²) < 4.78 is 51.9. The molecule has 1 aromatic rings. The van der Waals surface area contributed by atoms with Crippen molar-refractivity contribution in [2.24, 2.45) is 16.5 Å². The lowest BCUT2D eigenvalue weighted by Crippen LogP contribution is -2.29. The van der Waals surface area contributed by atoms with E-state index >= 15 is 0 Å². The maximum Gasteiger partial charge on any atom is 0.490 e. The molecular formula is C13H23N6O13P3. The van der Waals surface area contributed by atoms with Gasteiger partial charge in [-0.2, -0.15) is 13.6 Å². The molecule has 22 heteroatoms. The highest BCUT2D eigenvalue weighted by atomic mass is 31.3. The second-order valence-electron chi connectivity index (χ2n) is 6.76. The van der Waals surface area contributed by atoms with E-state index in [1.165, 1.54) is 18.3 Å². The Morgan fingerprint density at radius 3 is 2.49 bits per heavy atom. The SMILES string of the molecule is NC(N)=NC/C=C/c1cn([C@H]2C[C@H](O)[C@@H](COP(=O)(O)OP(=O)(O)OP(=O)(O)O)O2)c(=O)nc1N. The lowest BCUT2D eigenvalue weighted by atomic mass is 10.2. The molecule has 198 valence electrons. The maximum atomic E-state index is 12.3. The number of nitrogen functional groups attached to an aromatic ring is 1. The van der Waals surface area contributed by atoms with Crippen LogP contribution in [0.25, 0.3) is 6.08 Å². The third kappa shape index (κ3) is 9.53. The summed E-state index contributed by atoms with van der Waals surface area (Å²) in [6, 6.07) is 0. The first-order valence-corrected chi connectivity index (χ1v) is 13.7. The van der Waals surface area contributed by atoms with Crippen LogP contribution in [0.2, 0.25) is 0 Å². The molecule has 0 spiro atoms. The number of aliphatic hydroxyl groups is 1. The molecule has 2 unspecified atom stereocenters. The molecule has 1 aliphatic rings. The molecule has 1 aromatic heterocycles. The number of hydrogen-bond donors (Lipinski definition) is 8. The Kier molecular flexibility index (Phi) is 9.52. The van der Waals surface area contributed by atoms with Crippen LogP contribution in [0.5, 0.6) is 0 Å². The summed E-state index contributed by atoms with van der Waals surface area (Å²) in [5.74, 6) is -0.253. The molecule has 1 saturated heterocycles. The highest BCUT2D eigenvalue weighted by molar-refractivity contribution is 7.66. The number of ether oxygens (including phenoxy) is 1. The molecule has 5 atom stereocenters. The number of hydrogen-bond acceptors (Lipinski definition) is 12. The molecule has 1 fully saturated rings. The summed E-state index contributed by atoms with van der Waals surface area (Å²) >= 11 is 0. The van der Waals surface area contributed by atoms with E-state index in [0.29, 0.717) is 0 Å². The molecule has 2 heterocycles. The standard InChI is InChI=1S/C13H23N6O13P3/c14-11-7(2-1-3-17-12(15)16)5-19(13(21)18-11)10-4-8(20)9(30-10)6-29-34(25,26)32-35(27,28)31-33(22,23)24/h1-2,5,8-10,20H,3-4,6H2,(H,25,26)(H,27,28)(H2,14,18,21)(H4,15,16,17)(H2,22,23,24)/b2-1+/t8-,9+,10+/m0/s1. The molecule has 1 aliphatic heterocycles. The first kappa shape index (κ1) is 29.3. The Morgan fingerprint density at radius 1 is 1.23 bits per heavy atom. The van der Waals surface area contributed by atoms with Crippen LogP contribution in [0.15, 0.2) is 22.1 Å². The van der Waals surface area contributed by atoms with Gasteiger partial charge in [0.2, 0.25) is 0 Å². The third-order valence-electron chi connectivity index (χ3n) is 4.02. The van der Waals surface area contributed by atoms with Crippen molar-refractivity contribution >= 4 is 41.3 Å². The average Bonchev–Trinajstić information content (AvgIpc) is 3.02. The van der Waals surface area contributed by atoms with Crippen molar-refractivity contribution in [2.75, 3.05) is 18.9 Å². The van der Waals surface area contributed by atoms with E-state index in [4.69, 9.17) is 36.6 Å². The van der Waals surface area contributed by atoms with Gasteiger partial charge in [-0.15, -0.1) is 0 Å². The zero-order valence-electron chi connectivity index (χ0n) is 17.5. The summed E-state index contributed by atoms with van der Waals surface area (Å²) in [6.07, 6.45) is 0.268. The number of aromatic nitrogens is 2. The molecule has 35 heavy (non-hydrogen) atoms. The molecular weight excluding hydrogens is 541 g/mol. The van der Waals surface area contributed by atoms with Gasteiger partial charge >= 0.3 is 29.2 Å². The fraction of sp³-hybridized carbons (Fsp3) is 0.462. The van der Waals surface area contributed by atoms with E-state index in [2.05, 4.69) is 23.1 Å². The summed E-state index contributed by atoms with van der Waals surface area (Å²) in [5.41, 5.74) is 15.6. The van der Waals surface area contributed by atoms with E-state index in [0.717, 1.165) is 4.57 Å². The van der Waals surface area contributed by atoms with Gasteiger partial charge in [0.15, 0.2) is 5.96 Å². The van der Waals surface area contributed by atoms with Crippen LogP contribution in [-0.2, 0) is 31.6 Å². The Morgan fingerprint density at radius 2 is 1.89 bits per heavy atom. The molecule has 0 amide bonds. The quantitative estimate of drug-likeness (QED) is 0.0826. The van der Waals surface area contributed by atoms with E-state index in [1.54, 1.807) is 0 Å². The number of phosphoric acid groups is 3. The van der Waals surface area contributed by atoms with Crippen molar-refractivity contribution in [1.82, 2.24) is 9.55 Å². The molecule has 2 rings (SSSR count). The van der Waals surface area contributed by atoms with Gasteiger partial charge in [0, 0.05) is 18.2 Å². The van der Waals surface area contributed by atoms with Gasteiger partial charge in [-0.25, -0.2) is 23.5 Å². The molecule has 11 N–H and O–H groups in total. The summed E-state index contributed by atoms with van der Waals surface area (Å²) in [6.45, 7) is -0.786. The zero-order chi connectivity index (χ0) is 26.6. The molecule has 0 radical (unpaired) electrons. The number of nitrogens with zero attached hydrogens (tertiary/aromatic N) is 3. The van der Waals surface area contributed by atoms with Gasteiger partial charge in [0.1, 0.15) is 18.1 Å². The number of anilines is 1. The van der Waals surface area contributed by atoms with Gasteiger partial charge in [-0.1, -0.05) is 12.2 Å². The van der Waals surface area contributed by atoms with Crippen molar-refractivity contribution in [1.29, 1.82) is 0 Å². The van der Waals surface area contributed by atoms with Crippen LogP contribution in [0.1, 0.15) is 18.2 Å². The number of phosphoric ester groups is 1. The predicted octanol–water partition coefficient (Wildman–Crippen LogP) is -1.90. The first-order chi connectivity index (χ1) is 16.0. The van der Waals surface area contributed by atoms with E-state index in [1.807, 2.05) is 0 Å². The summed E-state index contributed by atoms with van der Waals surface area (Å²) in [4.78, 5) is 55.4. The smallest absolute Gasteiger partial charge is 0.390 e. The van der Waals surface area contributed by atoms with E-state index in [-0.39, 0.29) is 30.3 Å². The van der Waals surface area contributed by atoms with Gasteiger partial charge in [0.25, 0.3) is 0 Å². The summed E-state index contributed by atoms with van der Waals surface area (Å²) in [5, 5.41) is 10.2. The summed E-state index contributed by atoms with van der Waals surface area (Å²) in [7, 11) is -16.7. The third-order valence-corrected chi connectivity index (χ3v) is 7.82. The van der Waals surface area contributed by atoms with Crippen LogP contribution in [-0.4, -0.2) is 65.6 Å². The molecule has 19 nitrogen and oxygen atoms in total. The number of aliphatic hydroxyl groups excluding tert-OH is 1. The second-order valence-corrected chi connectivity index (χ2v) is 11.2. The lowest BCUT2D eigenvalue weighted by Gasteiger charge is -2.19. The Hall–Kier alpha value is -1.98. The molecule has 0 saturated carbocycles.